The maximum absolute atomic E-state index is 6.23. The molecule has 0 spiro atoms. The molecule has 1 rings (SSSR count). The zero-order chi connectivity index (χ0) is 13.5. The Morgan fingerprint density at radius 3 is 2.33 bits per heavy atom. The van der Waals surface area contributed by atoms with E-state index in [1.165, 1.54) is 12.8 Å². The number of rotatable bonds is 7. The molecule has 0 radical (unpaired) electrons. The molecule has 1 atom stereocenters. The smallest absolute Gasteiger partial charge is 0.161 e. The number of halogens is 1. The predicted molar refractivity (Wildman–Crippen MR) is 78.3 cm³/mol. The third-order valence-corrected chi connectivity index (χ3v) is 3.71. The fraction of sp³-hybridized carbons (Fsp3) is 0.571. The molecular formula is C14H22BrNO2. The zero-order valence-corrected chi connectivity index (χ0v) is 12.9. The van der Waals surface area contributed by atoms with Gasteiger partial charge < -0.3 is 15.2 Å². The van der Waals surface area contributed by atoms with Gasteiger partial charge in [-0.1, -0.05) is 42.1 Å². The monoisotopic (exact) mass is 315 g/mol. The van der Waals surface area contributed by atoms with E-state index in [2.05, 4.69) is 22.9 Å². The van der Waals surface area contributed by atoms with Crippen molar-refractivity contribution in [3.8, 4) is 11.5 Å². The topological polar surface area (TPSA) is 44.5 Å². The summed E-state index contributed by atoms with van der Waals surface area (Å²) in [5.41, 5.74) is 7.30. The Bertz CT molecular complexity index is 382. The van der Waals surface area contributed by atoms with Gasteiger partial charge in [-0.25, -0.2) is 0 Å². The lowest BCUT2D eigenvalue weighted by Crippen LogP contribution is -2.11. The van der Waals surface area contributed by atoms with Gasteiger partial charge in [0.25, 0.3) is 0 Å². The van der Waals surface area contributed by atoms with Crippen molar-refractivity contribution in [1.82, 2.24) is 0 Å². The highest BCUT2D eigenvalue weighted by Crippen LogP contribution is 2.36. The van der Waals surface area contributed by atoms with E-state index in [1.54, 1.807) is 14.2 Å². The zero-order valence-electron chi connectivity index (χ0n) is 11.3. The van der Waals surface area contributed by atoms with Crippen LogP contribution in [0.4, 0.5) is 0 Å². The quantitative estimate of drug-likeness (QED) is 0.772. The molecule has 1 aromatic carbocycles. The summed E-state index contributed by atoms with van der Waals surface area (Å²) in [6.45, 7) is 2.19. The normalized spacial score (nSPS) is 12.3. The first-order valence-electron chi connectivity index (χ1n) is 6.31. The van der Waals surface area contributed by atoms with Gasteiger partial charge in [-0.3, -0.25) is 0 Å². The molecule has 102 valence electrons. The van der Waals surface area contributed by atoms with Crippen LogP contribution in [0.15, 0.2) is 16.6 Å². The number of hydrogen-bond donors (Lipinski definition) is 1. The van der Waals surface area contributed by atoms with Gasteiger partial charge in [0.15, 0.2) is 11.5 Å². The lowest BCUT2D eigenvalue weighted by molar-refractivity contribution is 0.353. The van der Waals surface area contributed by atoms with E-state index in [0.29, 0.717) is 5.75 Å². The molecule has 18 heavy (non-hydrogen) atoms. The molecule has 0 fully saturated rings. The molecule has 1 aromatic rings. The molecule has 4 heteroatoms. The molecule has 0 saturated heterocycles. The van der Waals surface area contributed by atoms with Crippen LogP contribution in [0.3, 0.4) is 0 Å². The van der Waals surface area contributed by atoms with Crippen molar-refractivity contribution >= 4 is 15.9 Å². The van der Waals surface area contributed by atoms with Crippen LogP contribution in [-0.2, 0) is 0 Å². The summed E-state index contributed by atoms with van der Waals surface area (Å²) in [5, 5.41) is 0. The largest absolute Gasteiger partial charge is 0.493 e. The number of benzene rings is 1. The lowest BCUT2D eigenvalue weighted by Gasteiger charge is -2.17. The van der Waals surface area contributed by atoms with Crippen LogP contribution in [0.2, 0.25) is 0 Å². The van der Waals surface area contributed by atoms with E-state index in [4.69, 9.17) is 15.2 Å². The van der Waals surface area contributed by atoms with Gasteiger partial charge in [-0.15, -0.1) is 0 Å². The SMILES string of the molecule is CCCCC[C@@H](N)c1cc(OC)c(OC)cc1Br. The second-order valence-corrected chi connectivity index (χ2v) is 5.19. The average molecular weight is 316 g/mol. The van der Waals surface area contributed by atoms with Gasteiger partial charge in [0, 0.05) is 10.5 Å². The van der Waals surface area contributed by atoms with Crippen molar-refractivity contribution in [2.45, 2.75) is 38.6 Å². The van der Waals surface area contributed by atoms with Crippen molar-refractivity contribution in [2.24, 2.45) is 5.73 Å². The van der Waals surface area contributed by atoms with Gasteiger partial charge in [0.1, 0.15) is 0 Å². The van der Waals surface area contributed by atoms with Crippen molar-refractivity contribution in [3.63, 3.8) is 0 Å². The highest BCUT2D eigenvalue weighted by molar-refractivity contribution is 9.10. The van der Waals surface area contributed by atoms with E-state index in [-0.39, 0.29) is 6.04 Å². The maximum atomic E-state index is 6.23. The second-order valence-electron chi connectivity index (χ2n) is 4.33. The van der Waals surface area contributed by atoms with Crippen molar-refractivity contribution in [3.05, 3.63) is 22.2 Å². The van der Waals surface area contributed by atoms with E-state index in [1.807, 2.05) is 12.1 Å². The Kier molecular flexibility index (Phi) is 6.50. The van der Waals surface area contributed by atoms with Gasteiger partial charge in [0.2, 0.25) is 0 Å². The number of ether oxygens (including phenoxy) is 2. The highest BCUT2D eigenvalue weighted by atomic mass is 79.9. The van der Waals surface area contributed by atoms with E-state index < -0.39 is 0 Å². The minimum atomic E-state index is 0.0331. The first kappa shape index (κ1) is 15.3. The summed E-state index contributed by atoms with van der Waals surface area (Å²) in [6.07, 6.45) is 4.57. The summed E-state index contributed by atoms with van der Waals surface area (Å²) in [7, 11) is 3.27. The Morgan fingerprint density at radius 2 is 1.78 bits per heavy atom. The molecule has 0 bridgehead atoms. The number of hydrogen-bond acceptors (Lipinski definition) is 3. The Balaban J connectivity index is 2.87. The molecule has 3 nitrogen and oxygen atoms in total. The van der Waals surface area contributed by atoms with E-state index >= 15 is 0 Å². The number of nitrogens with two attached hydrogens (primary N) is 1. The van der Waals surface area contributed by atoms with Crippen molar-refractivity contribution < 1.29 is 9.47 Å². The summed E-state index contributed by atoms with van der Waals surface area (Å²) >= 11 is 3.55. The Morgan fingerprint density at radius 1 is 1.17 bits per heavy atom. The van der Waals surface area contributed by atoms with Crippen LogP contribution in [0.25, 0.3) is 0 Å². The molecule has 0 heterocycles. The third-order valence-electron chi connectivity index (χ3n) is 3.02. The maximum Gasteiger partial charge on any atom is 0.161 e. The van der Waals surface area contributed by atoms with Gasteiger partial charge in [0.05, 0.1) is 14.2 Å². The summed E-state index contributed by atoms with van der Waals surface area (Å²) in [4.78, 5) is 0. The van der Waals surface area contributed by atoms with Crippen molar-refractivity contribution in [1.29, 1.82) is 0 Å². The van der Waals surface area contributed by atoms with E-state index in [0.717, 1.165) is 28.6 Å². The summed E-state index contributed by atoms with van der Waals surface area (Å²) < 4.78 is 11.5. The molecule has 0 aromatic heterocycles. The Hall–Kier alpha value is -0.740. The Labute approximate surface area is 118 Å². The standard InChI is InChI=1S/C14H22BrNO2/c1-4-5-6-7-12(16)10-8-13(17-2)14(18-3)9-11(10)15/h8-9,12H,4-7,16H2,1-3H3/t12-/m1/s1. The molecule has 0 amide bonds. The lowest BCUT2D eigenvalue weighted by atomic mass is 10.0. The molecule has 0 aliphatic carbocycles. The minimum Gasteiger partial charge on any atom is -0.493 e. The number of methoxy groups -OCH3 is 2. The first-order chi connectivity index (χ1) is 8.63. The third kappa shape index (κ3) is 3.89. The van der Waals surface area contributed by atoms with Crippen LogP contribution in [0.5, 0.6) is 11.5 Å². The molecule has 2 N–H and O–H groups in total. The van der Waals surface area contributed by atoms with Crippen LogP contribution < -0.4 is 15.2 Å². The fourth-order valence-corrected chi connectivity index (χ4v) is 2.54. The highest BCUT2D eigenvalue weighted by Gasteiger charge is 2.14. The first-order valence-corrected chi connectivity index (χ1v) is 7.10. The van der Waals surface area contributed by atoms with Gasteiger partial charge in [-0.05, 0) is 24.1 Å². The molecule has 0 saturated carbocycles. The van der Waals surface area contributed by atoms with Crippen molar-refractivity contribution in [2.75, 3.05) is 14.2 Å². The predicted octanol–water partition coefficient (Wildman–Crippen LogP) is 4.05. The van der Waals surface area contributed by atoms with Crippen LogP contribution in [0, 0.1) is 0 Å². The van der Waals surface area contributed by atoms with Crippen LogP contribution in [-0.4, -0.2) is 14.2 Å². The number of unbranched alkanes of at least 4 members (excludes halogenated alkanes) is 2. The summed E-state index contributed by atoms with van der Waals surface area (Å²) in [6, 6.07) is 3.90. The van der Waals surface area contributed by atoms with Crippen LogP contribution in [0.1, 0.15) is 44.2 Å². The molecular weight excluding hydrogens is 294 g/mol. The summed E-state index contributed by atoms with van der Waals surface area (Å²) in [5.74, 6) is 1.44. The fourth-order valence-electron chi connectivity index (χ4n) is 1.92. The van der Waals surface area contributed by atoms with Gasteiger partial charge in [-0.2, -0.15) is 0 Å². The van der Waals surface area contributed by atoms with Crippen LogP contribution >= 0.6 is 15.9 Å². The minimum absolute atomic E-state index is 0.0331. The molecule has 0 unspecified atom stereocenters. The molecule has 0 aliphatic rings. The molecule has 0 aliphatic heterocycles. The van der Waals surface area contributed by atoms with Gasteiger partial charge >= 0.3 is 0 Å². The van der Waals surface area contributed by atoms with E-state index in [9.17, 15) is 0 Å². The second kappa shape index (κ2) is 7.64. The average Bonchev–Trinajstić information content (AvgIpc) is 2.38.